The predicted molar refractivity (Wildman–Crippen MR) is 65.3 cm³/mol. The minimum Gasteiger partial charge on any atom is -0.315 e. The number of aromatic nitrogens is 2. The van der Waals surface area contributed by atoms with Crippen LogP contribution in [0.4, 0.5) is 13.2 Å². The Morgan fingerprint density at radius 1 is 1.21 bits per heavy atom. The van der Waals surface area contributed by atoms with Gasteiger partial charge in [0.05, 0.1) is 11.2 Å². The zero-order valence-corrected chi connectivity index (χ0v) is 10.6. The molecule has 2 rings (SSSR count). The van der Waals surface area contributed by atoms with Crippen molar-refractivity contribution in [1.82, 2.24) is 9.97 Å². The second-order valence-corrected chi connectivity index (χ2v) is 4.44. The maximum absolute atomic E-state index is 12.4. The minimum absolute atomic E-state index is 0.130. The van der Waals surface area contributed by atoms with E-state index in [1.807, 2.05) is 0 Å². The van der Waals surface area contributed by atoms with Gasteiger partial charge in [0.25, 0.3) is 5.56 Å². The van der Waals surface area contributed by atoms with E-state index in [2.05, 4.69) is 4.98 Å². The van der Waals surface area contributed by atoms with E-state index in [4.69, 9.17) is 23.2 Å². The van der Waals surface area contributed by atoms with Crippen molar-refractivity contribution in [3.05, 3.63) is 50.5 Å². The number of H-pyrrole nitrogens is 1. The fourth-order valence-electron chi connectivity index (χ4n) is 1.42. The summed E-state index contributed by atoms with van der Waals surface area (Å²) in [5.74, 6) is 0. The van der Waals surface area contributed by atoms with E-state index in [0.717, 1.165) is 0 Å². The molecule has 1 aromatic carbocycles. The van der Waals surface area contributed by atoms with Crippen LogP contribution in [0, 0.1) is 0 Å². The Bertz CT molecular complexity index is 682. The molecule has 3 nitrogen and oxygen atoms in total. The summed E-state index contributed by atoms with van der Waals surface area (Å²) < 4.78 is 37.1. The zero-order valence-electron chi connectivity index (χ0n) is 9.05. The monoisotopic (exact) mass is 308 g/mol. The van der Waals surface area contributed by atoms with Crippen molar-refractivity contribution in [3.63, 3.8) is 0 Å². The SMILES string of the molecule is O=c1[nH]c(C(F)(F)F)cnc1-c1ccc(Cl)cc1Cl. The molecule has 1 heterocycles. The van der Waals surface area contributed by atoms with Crippen LogP contribution in [0.25, 0.3) is 11.3 Å². The highest BCUT2D eigenvalue weighted by molar-refractivity contribution is 6.36. The molecule has 0 unspecified atom stereocenters. The van der Waals surface area contributed by atoms with Gasteiger partial charge in [0.2, 0.25) is 0 Å². The summed E-state index contributed by atoms with van der Waals surface area (Å²) in [5, 5.41) is 0.474. The third-order valence-corrected chi connectivity index (χ3v) is 2.83. The standard InChI is InChI=1S/C11H5Cl2F3N2O/c12-5-1-2-6(7(13)3-5)9-10(19)18-8(4-17-9)11(14,15)16/h1-4H,(H,18,19). The Morgan fingerprint density at radius 3 is 2.42 bits per heavy atom. The molecule has 100 valence electrons. The molecule has 0 spiro atoms. The fourth-order valence-corrected chi connectivity index (χ4v) is 1.92. The molecule has 0 saturated carbocycles. The molecule has 0 atom stereocenters. The summed E-state index contributed by atoms with van der Waals surface area (Å²) in [4.78, 5) is 16.9. The van der Waals surface area contributed by atoms with E-state index in [1.54, 1.807) is 4.98 Å². The smallest absolute Gasteiger partial charge is 0.315 e. The second-order valence-electron chi connectivity index (χ2n) is 3.60. The van der Waals surface area contributed by atoms with Gasteiger partial charge in [-0.05, 0) is 18.2 Å². The van der Waals surface area contributed by atoms with E-state index >= 15 is 0 Å². The van der Waals surface area contributed by atoms with E-state index < -0.39 is 17.4 Å². The Morgan fingerprint density at radius 2 is 1.89 bits per heavy atom. The maximum Gasteiger partial charge on any atom is 0.432 e. The number of hydrogen-bond donors (Lipinski definition) is 1. The average Bonchev–Trinajstić information content (AvgIpc) is 2.28. The van der Waals surface area contributed by atoms with Gasteiger partial charge in [-0.15, -0.1) is 0 Å². The molecule has 1 aromatic heterocycles. The van der Waals surface area contributed by atoms with Crippen LogP contribution in [0.1, 0.15) is 5.69 Å². The third kappa shape index (κ3) is 2.90. The summed E-state index contributed by atoms with van der Waals surface area (Å²) in [7, 11) is 0. The number of alkyl halides is 3. The molecule has 1 N–H and O–H groups in total. The number of rotatable bonds is 1. The topological polar surface area (TPSA) is 45.8 Å². The molecule has 0 aliphatic heterocycles. The highest BCUT2D eigenvalue weighted by Gasteiger charge is 2.32. The van der Waals surface area contributed by atoms with Gasteiger partial charge < -0.3 is 4.98 Å². The van der Waals surface area contributed by atoms with E-state index in [1.165, 1.54) is 18.2 Å². The quantitative estimate of drug-likeness (QED) is 0.871. The molecular weight excluding hydrogens is 304 g/mol. The van der Waals surface area contributed by atoms with Gasteiger partial charge in [-0.2, -0.15) is 13.2 Å². The number of nitrogens with zero attached hydrogens (tertiary/aromatic N) is 1. The first kappa shape index (κ1) is 13.9. The van der Waals surface area contributed by atoms with Gasteiger partial charge in [-0.25, -0.2) is 4.98 Å². The predicted octanol–water partition coefficient (Wildman–Crippen LogP) is 3.76. The Hall–Kier alpha value is -1.53. The first-order valence-electron chi connectivity index (χ1n) is 4.91. The largest absolute Gasteiger partial charge is 0.432 e. The highest BCUT2D eigenvalue weighted by atomic mass is 35.5. The van der Waals surface area contributed by atoms with Crippen LogP contribution < -0.4 is 5.56 Å². The Balaban J connectivity index is 2.56. The van der Waals surface area contributed by atoms with Crippen molar-refractivity contribution < 1.29 is 13.2 Å². The van der Waals surface area contributed by atoms with Crippen LogP contribution >= 0.6 is 23.2 Å². The van der Waals surface area contributed by atoms with Crippen LogP contribution in [0.3, 0.4) is 0 Å². The third-order valence-electron chi connectivity index (χ3n) is 2.28. The summed E-state index contributed by atoms with van der Waals surface area (Å²) in [6.45, 7) is 0. The lowest BCUT2D eigenvalue weighted by Gasteiger charge is -2.07. The lowest BCUT2D eigenvalue weighted by molar-refractivity contribution is -0.141. The summed E-state index contributed by atoms with van der Waals surface area (Å²) in [6, 6.07) is 4.24. The highest BCUT2D eigenvalue weighted by Crippen LogP contribution is 2.29. The van der Waals surface area contributed by atoms with Gasteiger partial charge >= 0.3 is 6.18 Å². The molecule has 0 aliphatic rings. The molecule has 0 radical (unpaired) electrons. The Kier molecular flexibility index (Phi) is 3.56. The molecule has 2 aromatic rings. The van der Waals surface area contributed by atoms with Gasteiger partial charge in [0.15, 0.2) is 0 Å². The molecule has 19 heavy (non-hydrogen) atoms. The molecule has 0 aliphatic carbocycles. The lowest BCUT2D eigenvalue weighted by atomic mass is 10.1. The van der Waals surface area contributed by atoms with Gasteiger partial charge in [-0.3, -0.25) is 4.79 Å². The molecule has 0 fully saturated rings. The van der Waals surface area contributed by atoms with Gasteiger partial charge in [0, 0.05) is 10.6 Å². The number of nitrogens with one attached hydrogen (secondary N) is 1. The number of aromatic amines is 1. The number of benzene rings is 1. The average molecular weight is 309 g/mol. The fraction of sp³-hybridized carbons (Fsp3) is 0.0909. The van der Waals surface area contributed by atoms with Crippen molar-refractivity contribution in [3.8, 4) is 11.3 Å². The molecule has 8 heteroatoms. The minimum atomic E-state index is -4.66. The molecule has 0 bridgehead atoms. The normalized spacial score (nSPS) is 11.6. The molecule has 0 amide bonds. The summed E-state index contributed by atoms with van der Waals surface area (Å²) in [5.41, 5.74) is -2.18. The van der Waals surface area contributed by atoms with Crippen molar-refractivity contribution in [2.24, 2.45) is 0 Å². The number of hydrogen-bond acceptors (Lipinski definition) is 2. The van der Waals surface area contributed by atoms with Crippen LogP contribution in [0.2, 0.25) is 10.0 Å². The maximum atomic E-state index is 12.4. The lowest BCUT2D eigenvalue weighted by Crippen LogP contribution is -2.19. The first-order valence-corrected chi connectivity index (χ1v) is 5.66. The van der Waals surface area contributed by atoms with E-state index in [9.17, 15) is 18.0 Å². The Labute approximate surface area is 115 Å². The second kappa shape index (κ2) is 4.86. The summed E-state index contributed by atoms with van der Waals surface area (Å²) in [6.07, 6.45) is -4.11. The van der Waals surface area contributed by atoms with Crippen molar-refractivity contribution in [1.29, 1.82) is 0 Å². The first-order chi connectivity index (χ1) is 8.79. The van der Waals surface area contributed by atoms with Crippen LogP contribution in [-0.4, -0.2) is 9.97 Å². The van der Waals surface area contributed by atoms with Crippen LogP contribution in [0.5, 0.6) is 0 Å². The van der Waals surface area contributed by atoms with E-state index in [-0.39, 0.29) is 16.3 Å². The molecular formula is C11H5Cl2F3N2O. The van der Waals surface area contributed by atoms with Crippen LogP contribution in [0.15, 0.2) is 29.2 Å². The van der Waals surface area contributed by atoms with Gasteiger partial charge in [-0.1, -0.05) is 23.2 Å². The van der Waals surface area contributed by atoms with Gasteiger partial charge in [0.1, 0.15) is 11.4 Å². The zero-order chi connectivity index (χ0) is 14.2. The van der Waals surface area contributed by atoms with Crippen molar-refractivity contribution in [2.75, 3.05) is 0 Å². The molecule has 0 saturated heterocycles. The van der Waals surface area contributed by atoms with E-state index in [0.29, 0.717) is 11.2 Å². The summed E-state index contributed by atoms with van der Waals surface area (Å²) >= 11 is 11.6. The van der Waals surface area contributed by atoms with Crippen LogP contribution in [-0.2, 0) is 6.18 Å². The van der Waals surface area contributed by atoms with Crippen molar-refractivity contribution >= 4 is 23.2 Å². The van der Waals surface area contributed by atoms with Crippen molar-refractivity contribution in [2.45, 2.75) is 6.18 Å². The number of halogens is 5.